The number of sulfonamides is 1. The molecule has 0 unspecified atom stereocenters. The number of carbonyl (C=O) groups excluding carboxylic acids is 1. The second-order valence-electron chi connectivity index (χ2n) is 5.51. The molecule has 4 N–H and O–H groups in total. The van der Waals surface area contributed by atoms with Crippen LogP contribution >= 0.6 is 23.3 Å². The first-order valence-corrected chi connectivity index (χ1v) is 10.4. The van der Waals surface area contributed by atoms with E-state index >= 15 is 0 Å². The molecule has 13 heteroatoms. The summed E-state index contributed by atoms with van der Waals surface area (Å²) in [5.74, 6) is -0.597. The number of hydrogen-bond donors (Lipinski definition) is 3. The largest absolute Gasteiger partial charge is 0.504 e. The summed E-state index contributed by atoms with van der Waals surface area (Å²) in [6.07, 6.45) is 0.216. The SMILES string of the molecule is CCC(=O)Nc1cc(N=Nc2ccc(S(N)(=O)=O)c3nsnc23)cc(Cl)c1O. The molecule has 1 amide bonds. The van der Waals surface area contributed by atoms with E-state index in [9.17, 15) is 18.3 Å². The Morgan fingerprint density at radius 2 is 2.00 bits per heavy atom. The molecule has 3 rings (SSSR count). The highest BCUT2D eigenvalue weighted by atomic mass is 35.5. The summed E-state index contributed by atoms with van der Waals surface area (Å²) in [6, 6.07) is 5.42. The Morgan fingerprint density at radius 3 is 2.68 bits per heavy atom. The van der Waals surface area contributed by atoms with Crippen molar-refractivity contribution in [2.24, 2.45) is 15.4 Å². The van der Waals surface area contributed by atoms with Crippen LogP contribution in [-0.2, 0) is 14.8 Å². The van der Waals surface area contributed by atoms with Crippen molar-refractivity contribution in [2.45, 2.75) is 18.2 Å². The van der Waals surface area contributed by atoms with Crippen LogP contribution in [0.2, 0.25) is 5.02 Å². The van der Waals surface area contributed by atoms with Crippen molar-refractivity contribution in [3.8, 4) is 5.75 Å². The highest BCUT2D eigenvalue weighted by Crippen LogP contribution is 2.37. The fourth-order valence-electron chi connectivity index (χ4n) is 2.23. The van der Waals surface area contributed by atoms with Gasteiger partial charge < -0.3 is 10.4 Å². The maximum atomic E-state index is 11.6. The zero-order valence-corrected chi connectivity index (χ0v) is 16.6. The molecule has 146 valence electrons. The molecule has 1 heterocycles. The van der Waals surface area contributed by atoms with Gasteiger partial charge in [-0.3, -0.25) is 4.79 Å². The van der Waals surface area contributed by atoms with E-state index in [0.29, 0.717) is 0 Å². The minimum atomic E-state index is -3.97. The number of aromatic hydroxyl groups is 1. The van der Waals surface area contributed by atoms with Crippen molar-refractivity contribution < 1.29 is 18.3 Å². The first-order valence-electron chi connectivity index (χ1n) is 7.73. The number of azo groups is 1. The van der Waals surface area contributed by atoms with Crippen LogP contribution < -0.4 is 10.5 Å². The molecular weight excluding hydrogens is 428 g/mol. The lowest BCUT2D eigenvalue weighted by atomic mass is 10.2. The highest BCUT2D eigenvalue weighted by Gasteiger charge is 2.18. The van der Waals surface area contributed by atoms with Crippen LogP contribution in [0.3, 0.4) is 0 Å². The van der Waals surface area contributed by atoms with Gasteiger partial charge >= 0.3 is 0 Å². The summed E-state index contributed by atoms with van der Waals surface area (Å²) < 4.78 is 31.3. The Labute approximate surface area is 168 Å². The van der Waals surface area contributed by atoms with Gasteiger partial charge in [0, 0.05) is 6.42 Å². The second kappa shape index (κ2) is 7.75. The Bertz CT molecular complexity index is 1210. The molecule has 0 radical (unpaired) electrons. The number of hydrogen-bond acceptors (Lipinski definition) is 9. The van der Waals surface area contributed by atoms with Gasteiger partial charge in [0.05, 0.1) is 28.1 Å². The number of nitrogens with zero attached hydrogens (tertiary/aromatic N) is 4. The first-order chi connectivity index (χ1) is 13.2. The van der Waals surface area contributed by atoms with Gasteiger partial charge in [-0.15, -0.1) is 5.11 Å². The van der Waals surface area contributed by atoms with Gasteiger partial charge in [-0.1, -0.05) is 18.5 Å². The Morgan fingerprint density at radius 1 is 1.29 bits per heavy atom. The summed E-state index contributed by atoms with van der Waals surface area (Å²) in [7, 11) is -3.97. The van der Waals surface area contributed by atoms with Crippen molar-refractivity contribution in [3.05, 3.63) is 29.3 Å². The minimum Gasteiger partial charge on any atom is -0.504 e. The Kier molecular flexibility index (Phi) is 5.56. The highest BCUT2D eigenvalue weighted by molar-refractivity contribution is 7.89. The van der Waals surface area contributed by atoms with Gasteiger partial charge in [0.2, 0.25) is 15.9 Å². The fourth-order valence-corrected chi connectivity index (χ4v) is 3.74. The topological polar surface area (TPSA) is 160 Å². The summed E-state index contributed by atoms with van der Waals surface area (Å²) >= 11 is 6.78. The molecule has 0 aliphatic heterocycles. The van der Waals surface area contributed by atoms with Crippen LogP contribution in [-0.4, -0.2) is 28.2 Å². The van der Waals surface area contributed by atoms with E-state index in [4.69, 9.17) is 16.7 Å². The fraction of sp³-hybridized carbons (Fsp3) is 0.133. The van der Waals surface area contributed by atoms with Crippen molar-refractivity contribution in [1.29, 1.82) is 0 Å². The quantitative estimate of drug-likeness (QED) is 0.406. The number of amides is 1. The molecule has 0 fully saturated rings. The standard InChI is InChI=1S/C15H13ClN6O4S2/c1-2-12(23)18-10-6-7(5-8(16)15(10)24)19-20-9-3-4-11(28(17,25)26)14-13(9)21-27-22-14/h3-6,24H,2H2,1H3,(H,18,23)(H2,17,25,26). The molecular formula is C15H13ClN6O4S2. The van der Waals surface area contributed by atoms with Crippen LogP contribution in [0.25, 0.3) is 11.0 Å². The average Bonchev–Trinajstić information content (AvgIpc) is 3.12. The van der Waals surface area contributed by atoms with E-state index in [1.807, 2.05) is 0 Å². The molecule has 10 nitrogen and oxygen atoms in total. The number of aromatic nitrogens is 2. The van der Waals surface area contributed by atoms with Crippen LogP contribution in [0.1, 0.15) is 13.3 Å². The molecule has 0 aliphatic rings. The Hall–Kier alpha value is -2.67. The van der Waals surface area contributed by atoms with Crippen molar-refractivity contribution in [2.75, 3.05) is 5.32 Å². The van der Waals surface area contributed by atoms with E-state index in [1.54, 1.807) is 6.92 Å². The number of halogens is 1. The molecule has 0 spiro atoms. The number of nitrogens with two attached hydrogens (primary N) is 1. The predicted molar refractivity (Wildman–Crippen MR) is 105 cm³/mol. The number of anilines is 1. The van der Waals surface area contributed by atoms with E-state index in [1.165, 1.54) is 24.3 Å². The van der Waals surface area contributed by atoms with Gasteiger partial charge in [-0.25, -0.2) is 13.6 Å². The maximum Gasteiger partial charge on any atom is 0.240 e. The molecule has 0 bridgehead atoms. The molecule has 28 heavy (non-hydrogen) atoms. The summed E-state index contributed by atoms with van der Waals surface area (Å²) in [6.45, 7) is 1.66. The smallest absolute Gasteiger partial charge is 0.240 e. The maximum absolute atomic E-state index is 11.6. The lowest BCUT2D eigenvalue weighted by molar-refractivity contribution is -0.115. The minimum absolute atomic E-state index is 0.0205. The zero-order valence-electron chi connectivity index (χ0n) is 14.2. The van der Waals surface area contributed by atoms with Gasteiger partial charge in [0.25, 0.3) is 0 Å². The third-order valence-corrected chi connectivity index (χ3v) is 5.34. The van der Waals surface area contributed by atoms with Crippen molar-refractivity contribution in [1.82, 2.24) is 8.75 Å². The molecule has 2 aromatic carbocycles. The van der Waals surface area contributed by atoms with E-state index in [0.717, 1.165) is 11.7 Å². The predicted octanol–water partition coefficient (Wildman–Crippen LogP) is 3.46. The number of phenolic OH excluding ortho intramolecular Hbond substituents is 1. The van der Waals surface area contributed by atoms with Gasteiger partial charge in [-0.2, -0.15) is 13.9 Å². The van der Waals surface area contributed by atoms with Crippen LogP contribution in [0.4, 0.5) is 17.1 Å². The van der Waals surface area contributed by atoms with Crippen LogP contribution in [0.5, 0.6) is 5.75 Å². The zero-order chi connectivity index (χ0) is 20.5. The molecule has 3 aromatic rings. The number of primary sulfonamides is 1. The van der Waals surface area contributed by atoms with Gasteiger partial charge in [0.1, 0.15) is 21.6 Å². The summed E-state index contributed by atoms with van der Waals surface area (Å²) in [5, 5.41) is 25.7. The third-order valence-electron chi connectivity index (χ3n) is 3.58. The van der Waals surface area contributed by atoms with Gasteiger partial charge in [0.15, 0.2) is 5.75 Å². The molecule has 0 saturated heterocycles. The number of fused-ring (bicyclic) bond motifs is 1. The van der Waals surface area contributed by atoms with E-state index < -0.39 is 10.0 Å². The lowest BCUT2D eigenvalue weighted by Crippen LogP contribution is -2.12. The normalized spacial score (nSPS) is 12.0. The molecule has 0 aliphatic carbocycles. The van der Waals surface area contributed by atoms with Crippen LogP contribution in [0.15, 0.2) is 39.4 Å². The lowest BCUT2D eigenvalue weighted by Gasteiger charge is -2.08. The number of rotatable bonds is 5. The summed E-state index contributed by atoms with van der Waals surface area (Å²) in [5.41, 5.74) is 0.937. The van der Waals surface area contributed by atoms with Gasteiger partial charge in [-0.05, 0) is 24.3 Å². The average molecular weight is 441 g/mol. The van der Waals surface area contributed by atoms with Crippen molar-refractivity contribution >= 4 is 67.4 Å². The third kappa shape index (κ3) is 4.09. The molecule has 0 saturated carbocycles. The second-order valence-corrected chi connectivity index (χ2v) is 7.98. The summed E-state index contributed by atoms with van der Waals surface area (Å²) in [4.78, 5) is 11.4. The number of nitrogens with one attached hydrogen (secondary N) is 1. The van der Waals surface area contributed by atoms with Crippen molar-refractivity contribution in [3.63, 3.8) is 0 Å². The van der Waals surface area contributed by atoms with Crippen LogP contribution in [0, 0.1) is 0 Å². The first kappa shape index (κ1) is 20.1. The Balaban J connectivity index is 2.01. The van der Waals surface area contributed by atoms with E-state index in [2.05, 4.69) is 24.3 Å². The molecule has 0 atom stereocenters. The monoisotopic (exact) mass is 440 g/mol. The van der Waals surface area contributed by atoms with E-state index in [-0.39, 0.29) is 56.1 Å². The number of phenols is 1. The number of benzene rings is 2. The molecule has 1 aromatic heterocycles. The number of carbonyl (C=O) groups is 1.